The number of carbonyl (C=O) groups is 1. The van der Waals surface area contributed by atoms with Crippen LogP contribution in [0.3, 0.4) is 0 Å². The van der Waals surface area contributed by atoms with Crippen LogP contribution >= 0.6 is 11.8 Å². The molecule has 1 amide bonds. The van der Waals surface area contributed by atoms with Crippen LogP contribution in [0.25, 0.3) is 0 Å². The molecule has 1 heterocycles. The minimum Gasteiger partial charge on any atom is -0.497 e. The first-order valence-corrected chi connectivity index (χ1v) is 9.90. The Morgan fingerprint density at radius 2 is 1.96 bits per heavy atom. The van der Waals surface area contributed by atoms with E-state index in [-0.39, 0.29) is 21.6 Å². The van der Waals surface area contributed by atoms with E-state index < -0.39 is 0 Å². The second-order valence-corrected chi connectivity index (χ2v) is 9.44. The van der Waals surface area contributed by atoms with E-state index in [0.29, 0.717) is 0 Å². The molecule has 0 N–H and O–H groups in total. The summed E-state index contributed by atoms with van der Waals surface area (Å²) in [6, 6.07) is 6.33. The van der Waals surface area contributed by atoms with E-state index in [9.17, 15) is 4.79 Å². The molecule has 0 bridgehead atoms. The molecule has 1 aliphatic carbocycles. The predicted octanol–water partition coefficient (Wildman–Crippen LogP) is 4.56. The van der Waals surface area contributed by atoms with Crippen molar-refractivity contribution in [1.82, 2.24) is 4.90 Å². The Labute approximate surface area is 155 Å². The van der Waals surface area contributed by atoms with Crippen molar-refractivity contribution < 1.29 is 14.3 Å². The van der Waals surface area contributed by atoms with Gasteiger partial charge in [0.15, 0.2) is 0 Å². The second-order valence-electron chi connectivity index (χ2n) is 7.51. The zero-order valence-corrected chi connectivity index (χ0v) is 16.7. The summed E-state index contributed by atoms with van der Waals surface area (Å²) >= 11 is 1.93. The normalized spacial score (nSPS) is 28.2. The van der Waals surface area contributed by atoms with Gasteiger partial charge >= 0.3 is 0 Å². The highest BCUT2D eigenvalue weighted by atomic mass is 32.2. The van der Waals surface area contributed by atoms with Crippen LogP contribution in [-0.2, 0) is 9.54 Å². The number of hydrogen-bond acceptors (Lipinski definition) is 4. The van der Waals surface area contributed by atoms with Gasteiger partial charge in [-0.3, -0.25) is 4.79 Å². The van der Waals surface area contributed by atoms with Crippen LogP contribution < -0.4 is 9.47 Å². The van der Waals surface area contributed by atoms with Crippen molar-refractivity contribution in [3.63, 3.8) is 0 Å². The van der Waals surface area contributed by atoms with Crippen LogP contribution in [0, 0.1) is 0 Å². The lowest BCUT2D eigenvalue weighted by Crippen LogP contribution is -2.48. The van der Waals surface area contributed by atoms with E-state index >= 15 is 0 Å². The van der Waals surface area contributed by atoms with Crippen LogP contribution in [0.2, 0.25) is 0 Å². The first-order valence-electron chi connectivity index (χ1n) is 9.08. The smallest absolute Gasteiger partial charge is 0.220 e. The minimum atomic E-state index is -0.223. The second kappa shape index (κ2) is 6.75. The highest BCUT2D eigenvalue weighted by molar-refractivity contribution is 8.01. The van der Waals surface area contributed by atoms with E-state index in [1.807, 2.05) is 23.9 Å². The van der Waals surface area contributed by atoms with Gasteiger partial charge in [-0.1, -0.05) is 25.3 Å². The fourth-order valence-electron chi connectivity index (χ4n) is 4.74. The van der Waals surface area contributed by atoms with E-state index in [1.54, 1.807) is 21.1 Å². The minimum absolute atomic E-state index is 0.122. The molecule has 3 rings (SSSR count). The molecule has 0 radical (unpaired) electrons. The Kier molecular flexibility index (Phi) is 4.97. The molecule has 0 unspecified atom stereocenters. The summed E-state index contributed by atoms with van der Waals surface area (Å²) in [5, 5.41) is 0. The van der Waals surface area contributed by atoms with Crippen molar-refractivity contribution in [3.8, 4) is 11.5 Å². The summed E-state index contributed by atoms with van der Waals surface area (Å²) in [6.07, 6.45) is 5.69. The number of hydrogen-bond donors (Lipinski definition) is 0. The Morgan fingerprint density at radius 3 is 2.60 bits per heavy atom. The maximum atomic E-state index is 12.5. The number of benzene rings is 1. The third-order valence-corrected chi connectivity index (χ3v) is 7.35. The summed E-state index contributed by atoms with van der Waals surface area (Å²) in [6.45, 7) is 6.05. The van der Waals surface area contributed by atoms with Crippen LogP contribution in [-0.4, -0.2) is 35.9 Å². The highest BCUT2D eigenvalue weighted by Crippen LogP contribution is 2.62. The number of amides is 1. The molecule has 2 atom stereocenters. The molecule has 1 aliphatic heterocycles. The molecule has 4 nitrogen and oxygen atoms in total. The molecular weight excluding hydrogens is 334 g/mol. The average Bonchev–Trinajstić information content (AvgIpc) is 2.68. The molecule has 0 spiro atoms. The molecule has 25 heavy (non-hydrogen) atoms. The maximum absolute atomic E-state index is 12.5. The Morgan fingerprint density at radius 1 is 1.20 bits per heavy atom. The van der Waals surface area contributed by atoms with Gasteiger partial charge in [0.1, 0.15) is 11.5 Å². The standard InChI is InChI=1S/C20H29NO3S/c1-14(22)21-18-9-7-6-8-12-20(18,25-19(21,2)3)16-11-10-15(23-4)13-17(16)24-5/h10-11,13,18H,6-9,12H2,1-5H3/t18-,20-/m1/s1. The van der Waals surface area contributed by atoms with Gasteiger partial charge in [0.25, 0.3) is 0 Å². The number of rotatable bonds is 3. The summed E-state index contributed by atoms with van der Waals surface area (Å²) in [5.41, 5.74) is 1.20. The highest BCUT2D eigenvalue weighted by Gasteiger charge is 2.58. The monoisotopic (exact) mass is 363 g/mol. The largest absolute Gasteiger partial charge is 0.497 e. The average molecular weight is 364 g/mol. The number of carbonyl (C=O) groups excluding carboxylic acids is 1. The number of fused-ring (bicyclic) bond motifs is 1. The molecular formula is C20H29NO3S. The predicted molar refractivity (Wildman–Crippen MR) is 102 cm³/mol. The lowest BCUT2D eigenvalue weighted by Gasteiger charge is -2.37. The fraction of sp³-hybridized carbons (Fsp3) is 0.650. The SMILES string of the molecule is COc1ccc([C@]23CCCCC[C@H]2N(C(C)=O)C(C)(C)S3)c(OC)c1. The zero-order chi connectivity index (χ0) is 18.2. The van der Waals surface area contributed by atoms with Gasteiger partial charge in [0, 0.05) is 18.6 Å². The van der Waals surface area contributed by atoms with Crippen molar-refractivity contribution in [1.29, 1.82) is 0 Å². The van der Waals surface area contributed by atoms with Gasteiger partial charge < -0.3 is 14.4 Å². The van der Waals surface area contributed by atoms with E-state index in [4.69, 9.17) is 9.47 Å². The van der Waals surface area contributed by atoms with Crippen LogP contribution in [0.4, 0.5) is 0 Å². The quantitative estimate of drug-likeness (QED) is 0.789. The van der Waals surface area contributed by atoms with Crippen molar-refractivity contribution in [3.05, 3.63) is 23.8 Å². The molecule has 2 aliphatic rings. The lowest BCUT2D eigenvalue weighted by atomic mass is 9.84. The molecule has 2 fully saturated rings. The van der Waals surface area contributed by atoms with Crippen molar-refractivity contribution in [2.24, 2.45) is 0 Å². The first kappa shape index (κ1) is 18.4. The maximum Gasteiger partial charge on any atom is 0.220 e. The van der Waals surface area contributed by atoms with Crippen LogP contribution in [0.15, 0.2) is 18.2 Å². The number of thioether (sulfide) groups is 1. The zero-order valence-electron chi connectivity index (χ0n) is 15.9. The van der Waals surface area contributed by atoms with Gasteiger partial charge in [0.2, 0.25) is 5.91 Å². The van der Waals surface area contributed by atoms with Gasteiger partial charge in [0.05, 0.1) is 29.9 Å². The Hall–Kier alpha value is -1.36. The molecule has 1 aromatic rings. The van der Waals surface area contributed by atoms with Gasteiger partial charge in [-0.15, -0.1) is 11.8 Å². The molecule has 1 saturated heterocycles. The van der Waals surface area contributed by atoms with Gasteiger partial charge in [-0.05, 0) is 32.8 Å². The van der Waals surface area contributed by atoms with E-state index in [2.05, 4.69) is 24.8 Å². The Bertz CT molecular complexity index is 660. The third kappa shape index (κ3) is 3.01. The van der Waals surface area contributed by atoms with Crippen LogP contribution in [0.5, 0.6) is 11.5 Å². The lowest BCUT2D eigenvalue weighted by molar-refractivity contribution is -0.134. The molecule has 138 valence electrons. The summed E-state index contributed by atoms with van der Waals surface area (Å²) < 4.78 is 11.0. The number of ether oxygens (including phenoxy) is 2. The number of nitrogens with zero attached hydrogens (tertiary/aromatic N) is 1. The molecule has 0 aromatic heterocycles. The van der Waals surface area contributed by atoms with Crippen molar-refractivity contribution in [2.75, 3.05) is 14.2 Å². The van der Waals surface area contributed by atoms with Gasteiger partial charge in [-0.25, -0.2) is 0 Å². The summed E-state index contributed by atoms with van der Waals surface area (Å²) in [7, 11) is 3.39. The van der Waals surface area contributed by atoms with E-state index in [0.717, 1.165) is 24.3 Å². The topological polar surface area (TPSA) is 38.8 Å². The molecule has 1 saturated carbocycles. The van der Waals surface area contributed by atoms with E-state index in [1.165, 1.54) is 24.8 Å². The van der Waals surface area contributed by atoms with Gasteiger partial charge in [-0.2, -0.15) is 0 Å². The summed E-state index contributed by atoms with van der Waals surface area (Å²) in [4.78, 5) is 14.4. The Balaban J connectivity index is 2.17. The first-order chi connectivity index (χ1) is 11.9. The van der Waals surface area contributed by atoms with Crippen molar-refractivity contribution >= 4 is 17.7 Å². The van der Waals surface area contributed by atoms with Crippen LogP contribution in [0.1, 0.15) is 58.4 Å². The molecule has 1 aromatic carbocycles. The number of methoxy groups -OCH3 is 2. The fourth-order valence-corrected chi connectivity index (χ4v) is 6.87. The van der Waals surface area contributed by atoms with Crippen molar-refractivity contribution in [2.45, 2.75) is 68.5 Å². The molecule has 5 heteroatoms. The summed E-state index contributed by atoms with van der Waals surface area (Å²) in [5.74, 6) is 1.83. The third-order valence-electron chi connectivity index (χ3n) is 5.59.